The summed E-state index contributed by atoms with van der Waals surface area (Å²) in [6.07, 6.45) is -1.09. The summed E-state index contributed by atoms with van der Waals surface area (Å²) >= 11 is 0. The summed E-state index contributed by atoms with van der Waals surface area (Å²) in [6.45, 7) is 1.71. The van der Waals surface area contributed by atoms with Crippen LogP contribution in [-0.2, 0) is 4.74 Å². The van der Waals surface area contributed by atoms with Crippen molar-refractivity contribution in [1.82, 2.24) is 4.98 Å². The van der Waals surface area contributed by atoms with Crippen molar-refractivity contribution in [2.75, 3.05) is 6.61 Å². The number of carbonyl (C=O) groups is 1. The maximum absolute atomic E-state index is 12.6. The topological polar surface area (TPSA) is 52.3 Å². The average molecular weight is 231 g/mol. The van der Waals surface area contributed by atoms with Crippen molar-refractivity contribution >= 4 is 5.97 Å². The molecular formula is C10H11F2NO3. The van der Waals surface area contributed by atoms with Crippen molar-refractivity contribution in [2.24, 2.45) is 0 Å². The van der Waals surface area contributed by atoms with E-state index < -0.39 is 23.8 Å². The molecule has 0 radical (unpaired) electrons. The van der Waals surface area contributed by atoms with Crippen LogP contribution in [0.1, 0.15) is 54.2 Å². The quantitative estimate of drug-likeness (QED) is 0.747. The lowest BCUT2D eigenvalue weighted by molar-refractivity contribution is 0.0474. The number of rotatable bonds is 4. The fourth-order valence-corrected chi connectivity index (χ4v) is 1.34. The number of carbonyl (C=O) groups excluding carboxylic acids is 1. The number of halogens is 2. The molecule has 4 nitrogen and oxygen atoms in total. The van der Waals surface area contributed by atoms with E-state index in [2.05, 4.69) is 9.72 Å². The fourth-order valence-electron chi connectivity index (χ4n) is 1.34. The van der Waals surface area contributed by atoms with Gasteiger partial charge in [0.2, 0.25) is 5.76 Å². The van der Waals surface area contributed by atoms with E-state index in [0.29, 0.717) is 0 Å². The number of alkyl halides is 2. The van der Waals surface area contributed by atoms with Crippen LogP contribution in [0.3, 0.4) is 0 Å². The largest absolute Gasteiger partial charge is 0.460 e. The molecule has 0 bridgehead atoms. The second-order valence-electron chi connectivity index (χ2n) is 3.56. The Morgan fingerprint density at radius 2 is 2.31 bits per heavy atom. The first kappa shape index (κ1) is 11.0. The van der Waals surface area contributed by atoms with E-state index in [4.69, 9.17) is 4.42 Å². The summed E-state index contributed by atoms with van der Waals surface area (Å²) in [6, 6.07) is 0. The highest BCUT2D eigenvalue weighted by Gasteiger charge is 2.34. The molecule has 0 N–H and O–H groups in total. The van der Waals surface area contributed by atoms with Crippen molar-refractivity contribution in [3.05, 3.63) is 17.3 Å². The molecule has 16 heavy (non-hydrogen) atoms. The van der Waals surface area contributed by atoms with Crippen LogP contribution in [0, 0.1) is 0 Å². The minimum atomic E-state index is -2.82. The van der Waals surface area contributed by atoms with Crippen molar-refractivity contribution in [3.63, 3.8) is 0 Å². The van der Waals surface area contributed by atoms with Crippen molar-refractivity contribution in [3.8, 4) is 0 Å². The molecule has 0 atom stereocenters. The second-order valence-corrected chi connectivity index (χ2v) is 3.56. The highest BCUT2D eigenvalue weighted by Crippen LogP contribution is 2.41. The van der Waals surface area contributed by atoms with Gasteiger partial charge < -0.3 is 9.15 Å². The molecule has 0 amide bonds. The lowest BCUT2D eigenvalue weighted by Gasteiger charge is -1.99. The van der Waals surface area contributed by atoms with Gasteiger partial charge in [-0.05, 0) is 19.8 Å². The molecule has 0 aliphatic heterocycles. The smallest absolute Gasteiger partial charge is 0.376 e. The summed E-state index contributed by atoms with van der Waals surface area (Å²) in [7, 11) is 0. The van der Waals surface area contributed by atoms with Crippen molar-refractivity contribution in [1.29, 1.82) is 0 Å². The number of hydrogen-bond acceptors (Lipinski definition) is 4. The van der Waals surface area contributed by atoms with Crippen LogP contribution >= 0.6 is 0 Å². The molecular weight excluding hydrogens is 220 g/mol. The zero-order valence-corrected chi connectivity index (χ0v) is 8.70. The lowest BCUT2D eigenvalue weighted by Crippen LogP contribution is -2.06. The van der Waals surface area contributed by atoms with Gasteiger partial charge in [0.1, 0.15) is 0 Å². The Labute approximate surface area is 90.6 Å². The van der Waals surface area contributed by atoms with Gasteiger partial charge in [-0.25, -0.2) is 18.6 Å². The van der Waals surface area contributed by atoms with Gasteiger partial charge in [-0.1, -0.05) is 0 Å². The summed E-state index contributed by atoms with van der Waals surface area (Å²) < 4.78 is 34.9. The first-order valence-corrected chi connectivity index (χ1v) is 5.09. The third-order valence-electron chi connectivity index (χ3n) is 2.26. The lowest BCUT2D eigenvalue weighted by atomic mass is 10.3. The zero-order chi connectivity index (χ0) is 11.7. The number of esters is 1. The molecule has 0 unspecified atom stereocenters. The predicted octanol–water partition coefficient (Wildman–Crippen LogP) is 2.67. The summed E-state index contributed by atoms with van der Waals surface area (Å²) in [4.78, 5) is 15.0. The summed E-state index contributed by atoms with van der Waals surface area (Å²) in [5, 5.41) is 0. The number of hydrogen-bond donors (Lipinski definition) is 0. The van der Waals surface area contributed by atoms with Crippen LogP contribution in [0.4, 0.5) is 8.78 Å². The molecule has 2 rings (SSSR count). The van der Waals surface area contributed by atoms with Gasteiger partial charge >= 0.3 is 5.97 Å². The van der Waals surface area contributed by atoms with Gasteiger partial charge in [0.05, 0.1) is 6.61 Å². The number of oxazole rings is 1. The maximum atomic E-state index is 12.6. The van der Waals surface area contributed by atoms with Crippen LogP contribution in [0.5, 0.6) is 0 Å². The maximum Gasteiger partial charge on any atom is 0.376 e. The normalized spacial score (nSPS) is 15.5. The summed E-state index contributed by atoms with van der Waals surface area (Å²) in [5.74, 6) is -1.03. The van der Waals surface area contributed by atoms with Gasteiger partial charge in [-0.15, -0.1) is 0 Å². The Hall–Kier alpha value is -1.46. The highest BCUT2D eigenvalue weighted by molar-refractivity contribution is 5.87. The molecule has 6 heteroatoms. The first-order chi connectivity index (χ1) is 7.63. The predicted molar refractivity (Wildman–Crippen MR) is 49.4 cm³/mol. The zero-order valence-electron chi connectivity index (χ0n) is 8.70. The van der Waals surface area contributed by atoms with E-state index in [-0.39, 0.29) is 18.4 Å². The fraction of sp³-hybridized carbons (Fsp3) is 0.600. The Morgan fingerprint density at radius 1 is 1.62 bits per heavy atom. The minimum absolute atomic E-state index is 0.0840. The van der Waals surface area contributed by atoms with E-state index in [1.165, 1.54) is 0 Å². The molecule has 1 aromatic rings. The SMILES string of the molecule is CCOC(=O)c1oc(C2CC2)nc1C(F)F. The Bertz CT molecular complexity index is 399. The summed E-state index contributed by atoms with van der Waals surface area (Å²) in [5.41, 5.74) is -0.611. The number of nitrogens with zero attached hydrogens (tertiary/aromatic N) is 1. The Morgan fingerprint density at radius 3 is 2.81 bits per heavy atom. The molecule has 1 aliphatic carbocycles. The molecule has 1 saturated carbocycles. The third-order valence-corrected chi connectivity index (χ3v) is 2.26. The molecule has 0 saturated heterocycles. The molecule has 88 valence electrons. The third kappa shape index (κ3) is 2.05. The Kier molecular flexibility index (Phi) is 2.89. The van der Waals surface area contributed by atoms with E-state index in [1.807, 2.05) is 0 Å². The van der Waals surface area contributed by atoms with Crippen LogP contribution in [-0.4, -0.2) is 17.6 Å². The van der Waals surface area contributed by atoms with Gasteiger partial charge in [0.15, 0.2) is 11.6 Å². The van der Waals surface area contributed by atoms with Gasteiger partial charge in [-0.3, -0.25) is 0 Å². The minimum Gasteiger partial charge on any atom is -0.460 e. The van der Waals surface area contributed by atoms with Gasteiger partial charge in [-0.2, -0.15) is 0 Å². The molecule has 0 spiro atoms. The van der Waals surface area contributed by atoms with Gasteiger partial charge in [0.25, 0.3) is 6.43 Å². The second kappa shape index (κ2) is 4.19. The first-order valence-electron chi connectivity index (χ1n) is 5.09. The van der Waals surface area contributed by atoms with Crippen LogP contribution in [0.25, 0.3) is 0 Å². The van der Waals surface area contributed by atoms with Crippen LogP contribution in [0.15, 0.2) is 4.42 Å². The van der Waals surface area contributed by atoms with Crippen molar-refractivity contribution < 1.29 is 22.7 Å². The Balaban J connectivity index is 2.29. The van der Waals surface area contributed by atoms with Gasteiger partial charge in [0, 0.05) is 5.92 Å². The number of aromatic nitrogens is 1. The van der Waals surface area contributed by atoms with E-state index in [1.54, 1.807) is 6.92 Å². The van der Waals surface area contributed by atoms with Crippen molar-refractivity contribution in [2.45, 2.75) is 32.1 Å². The average Bonchev–Trinajstić information content (AvgIpc) is 2.97. The molecule has 1 aliphatic rings. The molecule has 1 heterocycles. The standard InChI is InChI=1S/C10H11F2NO3/c1-2-15-10(14)7-6(8(11)12)13-9(16-7)5-3-4-5/h5,8H,2-4H2,1H3. The monoisotopic (exact) mass is 231 g/mol. The van der Waals surface area contributed by atoms with Crippen LogP contribution in [0.2, 0.25) is 0 Å². The van der Waals surface area contributed by atoms with E-state index in [9.17, 15) is 13.6 Å². The molecule has 1 fully saturated rings. The molecule has 0 aromatic carbocycles. The highest BCUT2D eigenvalue weighted by atomic mass is 19.3. The van der Waals surface area contributed by atoms with Crippen LogP contribution < -0.4 is 0 Å². The molecule has 1 aromatic heterocycles. The number of ether oxygens (including phenoxy) is 1. The van der Waals surface area contributed by atoms with E-state index in [0.717, 1.165) is 12.8 Å². The van der Waals surface area contributed by atoms with E-state index >= 15 is 0 Å².